The van der Waals surface area contributed by atoms with E-state index in [0.717, 1.165) is 31.5 Å². The molecule has 0 spiro atoms. The van der Waals surface area contributed by atoms with Crippen molar-refractivity contribution in [2.45, 2.75) is 32.2 Å². The highest BCUT2D eigenvalue weighted by Gasteiger charge is 2.26. The Balaban J connectivity index is 1.71. The fourth-order valence-corrected chi connectivity index (χ4v) is 3.15. The van der Waals surface area contributed by atoms with E-state index in [4.69, 9.17) is 5.11 Å². The third-order valence-corrected chi connectivity index (χ3v) is 4.52. The number of likely N-dealkylation sites (tertiary alicyclic amines) is 1. The van der Waals surface area contributed by atoms with Crippen molar-refractivity contribution in [3.8, 4) is 0 Å². The molecule has 126 valence electrons. The Hall–Kier alpha value is -2.63. The van der Waals surface area contributed by atoms with Gasteiger partial charge in [0.25, 0.3) is 5.91 Å². The maximum Gasteiger partial charge on any atom is 0.335 e. The molecule has 1 aliphatic rings. The first-order valence-electron chi connectivity index (χ1n) is 8.24. The quantitative estimate of drug-likeness (QED) is 0.936. The fourth-order valence-electron chi connectivity index (χ4n) is 3.15. The zero-order valence-corrected chi connectivity index (χ0v) is 13.7. The van der Waals surface area contributed by atoms with Crippen molar-refractivity contribution >= 4 is 11.9 Å². The first kappa shape index (κ1) is 16.2. The normalized spacial score (nSPS) is 17.7. The summed E-state index contributed by atoms with van der Waals surface area (Å²) < 4.78 is 1.75. The van der Waals surface area contributed by atoms with Crippen LogP contribution in [0.15, 0.2) is 36.5 Å². The smallest absolute Gasteiger partial charge is 0.335 e. The minimum Gasteiger partial charge on any atom is -0.478 e. The van der Waals surface area contributed by atoms with Crippen LogP contribution in [0, 0.1) is 0 Å². The van der Waals surface area contributed by atoms with Crippen LogP contribution in [0.5, 0.6) is 0 Å². The molecular weight excluding hydrogens is 306 g/mol. The molecule has 0 unspecified atom stereocenters. The molecule has 2 heterocycles. The van der Waals surface area contributed by atoms with Crippen molar-refractivity contribution in [2.75, 3.05) is 13.1 Å². The molecule has 1 aromatic heterocycles. The van der Waals surface area contributed by atoms with Gasteiger partial charge in [-0.1, -0.05) is 12.1 Å². The Kier molecular flexibility index (Phi) is 4.64. The van der Waals surface area contributed by atoms with Gasteiger partial charge in [-0.05, 0) is 43.5 Å². The molecule has 0 bridgehead atoms. The lowest BCUT2D eigenvalue weighted by Crippen LogP contribution is -2.39. The molecule has 1 atom stereocenters. The summed E-state index contributed by atoms with van der Waals surface area (Å²) in [6.07, 6.45) is 3.75. The Morgan fingerprint density at radius 2 is 2.00 bits per heavy atom. The highest BCUT2D eigenvalue weighted by Crippen LogP contribution is 2.27. The van der Waals surface area contributed by atoms with Gasteiger partial charge >= 0.3 is 5.97 Å². The number of carboxylic acids is 1. The van der Waals surface area contributed by atoms with Gasteiger partial charge in [0, 0.05) is 31.7 Å². The van der Waals surface area contributed by atoms with Crippen LogP contribution in [0.1, 0.15) is 52.1 Å². The van der Waals surface area contributed by atoms with E-state index in [2.05, 4.69) is 5.10 Å². The molecule has 6 nitrogen and oxygen atoms in total. The number of aromatic carboxylic acids is 1. The Bertz CT molecular complexity index is 736. The molecule has 24 heavy (non-hydrogen) atoms. The molecule has 0 aliphatic carbocycles. The predicted octanol–water partition coefficient (Wildman–Crippen LogP) is 2.62. The number of piperidine rings is 1. The zero-order valence-electron chi connectivity index (χ0n) is 13.7. The summed E-state index contributed by atoms with van der Waals surface area (Å²) in [5.74, 6) is -0.721. The Labute approximate surface area is 140 Å². The molecule has 0 radical (unpaired) electrons. The van der Waals surface area contributed by atoms with Gasteiger partial charge in [0.1, 0.15) is 5.69 Å². The highest BCUT2D eigenvalue weighted by atomic mass is 16.4. The summed E-state index contributed by atoms with van der Waals surface area (Å²) in [7, 11) is 0. The fraction of sp³-hybridized carbons (Fsp3) is 0.389. The molecule has 0 saturated carbocycles. The van der Waals surface area contributed by atoms with Gasteiger partial charge in [0.15, 0.2) is 0 Å². The largest absolute Gasteiger partial charge is 0.478 e. The standard InChI is InChI=1S/C18H21N3O3/c1-2-21-11-9-16(19-21)17(22)20-10-3-4-15(12-20)13-5-7-14(8-6-13)18(23)24/h5-9,11,15H,2-4,10,12H2,1H3,(H,23,24)/t15-/m0/s1. The van der Waals surface area contributed by atoms with E-state index < -0.39 is 5.97 Å². The lowest BCUT2D eigenvalue weighted by molar-refractivity contribution is 0.0692. The van der Waals surface area contributed by atoms with E-state index in [1.165, 1.54) is 0 Å². The minimum absolute atomic E-state index is 0.0333. The molecule has 1 fully saturated rings. The number of hydrogen-bond donors (Lipinski definition) is 1. The molecule has 1 aliphatic heterocycles. The van der Waals surface area contributed by atoms with Gasteiger partial charge in [-0.15, -0.1) is 0 Å². The van der Waals surface area contributed by atoms with Gasteiger partial charge in [-0.3, -0.25) is 9.48 Å². The summed E-state index contributed by atoms with van der Waals surface area (Å²) in [5, 5.41) is 13.3. The second-order valence-corrected chi connectivity index (χ2v) is 6.07. The Morgan fingerprint density at radius 1 is 1.25 bits per heavy atom. The SMILES string of the molecule is CCn1ccc(C(=O)N2CCC[C@H](c3ccc(C(=O)O)cc3)C2)n1. The number of aryl methyl sites for hydroxylation is 1. The molecular formula is C18H21N3O3. The second-order valence-electron chi connectivity index (χ2n) is 6.07. The molecule has 2 aromatic rings. The van der Waals surface area contributed by atoms with Crippen LogP contribution in [0.25, 0.3) is 0 Å². The third kappa shape index (κ3) is 3.32. The predicted molar refractivity (Wildman–Crippen MR) is 89.2 cm³/mol. The van der Waals surface area contributed by atoms with Crippen molar-refractivity contribution in [3.05, 3.63) is 53.3 Å². The number of aromatic nitrogens is 2. The first-order chi connectivity index (χ1) is 11.6. The summed E-state index contributed by atoms with van der Waals surface area (Å²) in [6, 6.07) is 8.72. The van der Waals surface area contributed by atoms with Gasteiger partial charge in [-0.25, -0.2) is 4.79 Å². The number of amides is 1. The van der Waals surface area contributed by atoms with Gasteiger partial charge in [0.2, 0.25) is 0 Å². The van der Waals surface area contributed by atoms with Crippen molar-refractivity contribution in [1.82, 2.24) is 14.7 Å². The maximum absolute atomic E-state index is 12.6. The summed E-state index contributed by atoms with van der Waals surface area (Å²) in [4.78, 5) is 25.4. The molecule has 1 aromatic carbocycles. The monoisotopic (exact) mass is 327 g/mol. The van der Waals surface area contributed by atoms with Gasteiger partial charge in [-0.2, -0.15) is 5.10 Å². The molecule has 3 rings (SSSR count). The number of carboxylic acid groups (broad SMARTS) is 1. The molecule has 1 amide bonds. The van der Waals surface area contributed by atoms with Crippen LogP contribution in [-0.2, 0) is 6.54 Å². The maximum atomic E-state index is 12.6. The summed E-state index contributed by atoms with van der Waals surface area (Å²) in [6.45, 7) is 4.11. The molecule has 1 N–H and O–H groups in total. The number of carbonyl (C=O) groups is 2. The summed E-state index contributed by atoms with van der Waals surface area (Å²) in [5.41, 5.74) is 1.85. The lowest BCUT2D eigenvalue weighted by atomic mass is 9.90. The van der Waals surface area contributed by atoms with Gasteiger partial charge in [0.05, 0.1) is 5.56 Å². The van der Waals surface area contributed by atoms with Gasteiger partial charge < -0.3 is 10.0 Å². The van der Waals surface area contributed by atoms with Crippen LogP contribution >= 0.6 is 0 Å². The number of rotatable bonds is 4. The number of nitrogens with zero attached hydrogens (tertiary/aromatic N) is 3. The van der Waals surface area contributed by atoms with Crippen LogP contribution in [0.4, 0.5) is 0 Å². The van der Waals surface area contributed by atoms with Crippen LogP contribution < -0.4 is 0 Å². The topological polar surface area (TPSA) is 75.4 Å². The first-order valence-corrected chi connectivity index (χ1v) is 8.24. The number of carbonyl (C=O) groups excluding carboxylic acids is 1. The number of hydrogen-bond acceptors (Lipinski definition) is 3. The van der Waals surface area contributed by atoms with Crippen molar-refractivity contribution in [1.29, 1.82) is 0 Å². The zero-order chi connectivity index (χ0) is 17.1. The van der Waals surface area contributed by atoms with E-state index in [1.54, 1.807) is 22.9 Å². The highest BCUT2D eigenvalue weighted by molar-refractivity contribution is 5.92. The number of benzene rings is 1. The lowest BCUT2D eigenvalue weighted by Gasteiger charge is -2.32. The van der Waals surface area contributed by atoms with E-state index in [1.807, 2.05) is 30.2 Å². The van der Waals surface area contributed by atoms with Crippen molar-refractivity contribution in [2.24, 2.45) is 0 Å². The van der Waals surface area contributed by atoms with Crippen LogP contribution in [-0.4, -0.2) is 44.8 Å². The summed E-state index contributed by atoms with van der Waals surface area (Å²) >= 11 is 0. The van der Waals surface area contributed by atoms with Crippen LogP contribution in [0.2, 0.25) is 0 Å². The average Bonchev–Trinajstić information content (AvgIpc) is 3.10. The van der Waals surface area contributed by atoms with Crippen molar-refractivity contribution < 1.29 is 14.7 Å². The second kappa shape index (κ2) is 6.86. The van der Waals surface area contributed by atoms with E-state index in [-0.39, 0.29) is 17.4 Å². The van der Waals surface area contributed by atoms with E-state index in [0.29, 0.717) is 12.2 Å². The minimum atomic E-state index is -0.923. The van der Waals surface area contributed by atoms with Crippen LogP contribution in [0.3, 0.4) is 0 Å². The Morgan fingerprint density at radius 3 is 2.62 bits per heavy atom. The average molecular weight is 327 g/mol. The van der Waals surface area contributed by atoms with Crippen molar-refractivity contribution in [3.63, 3.8) is 0 Å². The van der Waals surface area contributed by atoms with E-state index >= 15 is 0 Å². The third-order valence-electron chi connectivity index (χ3n) is 4.52. The molecule has 1 saturated heterocycles. The molecule has 6 heteroatoms. The van der Waals surface area contributed by atoms with E-state index in [9.17, 15) is 9.59 Å².